The van der Waals surface area contributed by atoms with Crippen LogP contribution in [0.1, 0.15) is 5.56 Å². The summed E-state index contributed by atoms with van der Waals surface area (Å²) >= 11 is 1.56. The molecular formula is C20H14N4O4S. The first kappa shape index (κ1) is 18.5. The lowest BCUT2D eigenvalue weighted by atomic mass is 10.0. The van der Waals surface area contributed by atoms with Gasteiger partial charge >= 0.3 is 0 Å². The SMILES string of the molecule is Cc1ccsc1-c1nc(-c2ccc([N+](=O)[O-])cc2)c(-c2ccc([N+](=O)[O-])cc2)[nH]1. The zero-order chi connectivity index (χ0) is 20.5. The molecule has 8 nitrogen and oxygen atoms in total. The number of nitro benzene ring substituents is 2. The Hall–Kier alpha value is -3.85. The Balaban J connectivity index is 1.86. The van der Waals surface area contributed by atoms with E-state index < -0.39 is 9.85 Å². The van der Waals surface area contributed by atoms with Crippen molar-refractivity contribution in [2.45, 2.75) is 6.92 Å². The van der Waals surface area contributed by atoms with Gasteiger partial charge in [0.1, 0.15) is 5.82 Å². The summed E-state index contributed by atoms with van der Waals surface area (Å²) in [5.74, 6) is 0.680. The van der Waals surface area contributed by atoms with E-state index in [1.165, 1.54) is 24.3 Å². The Labute approximate surface area is 168 Å². The number of hydrogen-bond acceptors (Lipinski definition) is 6. The van der Waals surface area contributed by atoms with E-state index in [2.05, 4.69) is 4.98 Å². The number of hydrogen-bond donors (Lipinski definition) is 1. The van der Waals surface area contributed by atoms with Gasteiger partial charge in [-0.1, -0.05) is 0 Å². The zero-order valence-electron chi connectivity index (χ0n) is 15.2. The number of aromatic nitrogens is 2. The number of nitrogens with one attached hydrogen (secondary N) is 1. The first-order chi connectivity index (χ1) is 13.9. The minimum Gasteiger partial charge on any atom is -0.337 e. The van der Waals surface area contributed by atoms with E-state index >= 15 is 0 Å². The molecule has 0 aliphatic rings. The highest BCUT2D eigenvalue weighted by molar-refractivity contribution is 7.13. The third-order valence-corrected chi connectivity index (χ3v) is 5.52. The maximum absolute atomic E-state index is 11.0. The van der Waals surface area contributed by atoms with E-state index in [0.717, 1.165) is 16.0 Å². The van der Waals surface area contributed by atoms with Crippen LogP contribution in [-0.4, -0.2) is 19.8 Å². The highest BCUT2D eigenvalue weighted by Crippen LogP contribution is 2.36. The number of nitrogens with zero attached hydrogens (tertiary/aromatic N) is 3. The predicted molar refractivity (Wildman–Crippen MR) is 111 cm³/mol. The summed E-state index contributed by atoms with van der Waals surface area (Å²) < 4.78 is 0. The molecule has 0 spiro atoms. The number of aromatic amines is 1. The van der Waals surface area contributed by atoms with Gasteiger partial charge in [-0.15, -0.1) is 11.3 Å². The molecule has 4 aromatic rings. The molecule has 2 aromatic carbocycles. The number of aryl methyl sites for hydroxylation is 1. The number of rotatable bonds is 5. The van der Waals surface area contributed by atoms with Crippen LogP contribution in [0.4, 0.5) is 11.4 Å². The quantitative estimate of drug-likeness (QED) is 0.342. The molecule has 0 amide bonds. The molecular weight excluding hydrogens is 392 g/mol. The van der Waals surface area contributed by atoms with Gasteiger partial charge in [0, 0.05) is 35.4 Å². The molecule has 0 saturated carbocycles. The number of imidazole rings is 1. The van der Waals surface area contributed by atoms with Crippen molar-refractivity contribution < 1.29 is 9.85 Å². The van der Waals surface area contributed by atoms with E-state index in [0.29, 0.717) is 22.8 Å². The van der Waals surface area contributed by atoms with Crippen molar-refractivity contribution in [1.29, 1.82) is 0 Å². The second-order valence-corrected chi connectivity index (χ2v) is 7.27. The number of thiophene rings is 1. The standard InChI is InChI=1S/C20H14N4O4S/c1-12-10-11-29-19(12)20-21-17(13-2-6-15(7-3-13)23(25)26)18(22-20)14-4-8-16(9-5-14)24(27)28/h2-11H,1H3,(H,21,22). The topological polar surface area (TPSA) is 115 Å². The molecule has 4 rings (SSSR count). The fourth-order valence-electron chi connectivity index (χ4n) is 3.00. The summed E-state index contributed by atoms with van der Waals surface area (Å²) in [6.07, 6.45) is 0. The number of nitro groups is 2. The van der Waals surface area contributed by atoms with Crippen molar-refractivity contribution >= 4 is 22.7 Å². The second kappa shape index (κ2) is 7.28. The minimum atomic E-state index is -0.452. The van der Waals surface area contributed by atoms with Crippen LogP contribution in [0.15, 0.2) is 60.0 Å². The smallest absolute Gasteiger partial charge is 0.269 e. The average Bonchev–Trinajstić information content (AvgIpc) is 3.34. The number of benzene rings is 2. The first-order valence-corrected chi connectivity index (χ1v) is 9.46. The predicted octanol–water partition coefficient (Wildman–Crippen LogP) is 5.60. The third kappa shape index (κ3) is 3.50. The summed E-state index contributed by atoms with van der Waals surface area (Å²) in [5.41, 5.74) is 3.83. The molecule has 144 valence electrons. The molecule has 9 heteroatoms. The summed E-state index contributed by atoms with van der Waals surface area (Å²) in [6.45, 7) is 1.99. The molecule has 0 radical (unpaired) electrons. The normalized spacial score (nSPS) is 10.8. The molecule has 0 unspecified atom stereocenters. The lowest BCUT2D eigenvalue weighted by molar-refractivity contribution is -0.385. The van der Waals surface area contributed by atoms with E-state index in [4.69, 9.17) is 4.98 Å². The molecule has 0 fully saturated rings. The van der Waals surface area contributed by atoms with Crippen LogP contribution < -0.4 is 0 Å². The average molecular weight is 406 g/mol. The first-order valence-electron chi connectivity index (χ1n) is 8.58. The number of H-pyrrole nitrogens is 1. The van der Waals surface area contributed by atoms with Gasteiger partial charge in [-0.2, -0.15) is 0 Å². The Bertz CT molecular complexity index is 1140. The Morgan fingerprint density at radius 3 is 1.90 bits per heavy atom. The van der Waals surface area contributed by atoms with Crippen molar-refractivity contribution in [3.05, 3.63) is 85.8 Å². The van der Waals surface area contributed by atoms with Crippen LogP contribution in [0.5, 0.6) is 0 Å². The van der Waals surface area contributed by atoms with Gasteiger partial charge in [0.2, 0.25) is 0 Å². The van der Waals surface area contributed by atoms with E-state index in [1.807, 2.05) is 18.4 Å². The fraction of sp³-hybridized carbons (Fsp3) is 0.0500. The van der Waals surface area contributed by atoms with Gasteiger partial charge in [0.15, 0.2) is 0 Å². The van der Waals surface area contributed by atoms with Gasteiger partial charge < -0.3 is 4.98 Å². The highest BCUT2D eigenvalue weighted by Gasteiger charge is 2.18. The van der Waals surface area contributed by atoms with Gasteiger partial charge in [0.05, 0.1) is 26.1 Å². The van der Waals surface area contributed by atoms with Gasteiger partial charge in [-0.05, 0) is 48.2 Å². The van der Waals surface area contributed by atoms with Crippen LogP contribution in [0, 0.1) is 27.2 Å². The van der Waals surface area contributed by atoms with Crippen LogP contribution >= 0.6 is 11.3 Å². The number of non-ortho nitro benzene ring substituents is 2. The van der Waals surface area contributed by atoms with Crippen LogP contribution in [-0.2, 0) is 0 Å². The molecule has 29 heavy (non-hydrogen) atoms. The molecule has 2 aromatic heterocycles. The molecule has 0 aliphatic carbocycles. The largest absolute Gasteiger partial charge is 0.337 e. The van der Waals surface area contributed by atoms with Crippen LogP contribution in [0.2, 0.25) is 0 Å². The lowest BCUT2D eigenvalue weighted by Gasteiger charge is -2.03. The molecule has 0 saturated heterocycles. The Kier molecular flexibility index (Phi) is 4.65. The third-order valence-electron chi connectivity index (χ3n) is 4.50. The summed E-state index contributed by atoms with van der Waals surface area (Å²) in [5, 5.41) is 23.9. The summed E-state index contributed by atoms with van der Waals surface area (Å²) in [6, 6.07) is 14.3. The van der Waals surface area contributed by atoms with Crippen LogP contribution in [0.3, 0.4) is 0 Å². The van der Waals surface area contributed by atoms with Gasteiger partial charge in [-0.3, -0.25) is 20.2 Å². The molecule has 0 bridgehead atoms. The lowest BCUT2D eigenvalue weighted by Crippen LogP contribution is -1.89. The van der Waals surface area contributed by atoms with Crippen molar-refractivity contribution in [1.82, 2.24) is 9.97 Å². The van der Waals surface area contributed by atoms with Gasteiger partial charge in [0.25, 0.3) is 11.4 Å². The van der Waals surface area contributed by atoms with E-state index in [9.17, 15) is 20.2 Å². The zero-order valence-corrected chi connectivity index (χ0v) is 16.0. The summed E-state index contributed by atoms with van der Waals surface area (Å²) in [4.78, 5) is 30.1. The molecule has 0 aliphatic heterocycles. The van der Waals surface area contributed by atoms with Gasteiger partial charge in [-0.25, -0.2) is 4.98 Å². The fourth-order valence-corrected chi connectivity index (χ4v) is 3.88. The van der Waals surface area contributed by atoms with E-state index in [1.54, 1.807) is 35.6 Å². The van der Waals surface area contributed by atoms with Crippen molar-refractivity contribution in [2.24, 2.45) is 0 Å². The molecule has 1 N–H and O–H groups in total. The Morgan fingerprint density at radius 1 is 0.862 bits per heavy atom. The monoisotopic (exact) mass is 406 g/mol. The summed E-state index contributed by atoms with van der Waals surface area (Å²) in [7, 11) is 0. The second-order valence-electron chi connectivity index (χ2n) is 6.35. The van der Waals surface area contributed by atoms with Crippen LogP contribution in [0.25, 0.3) is 33.2 Å². The minimum absolute atomic E-state index is 0.000485. The van der Waals surface area contributed by atoms with Crippen molar-refractivity contribution in [3.63, 3.8) is 0 Å². The van der Waals surface area contributed by atoms with E-state index in [-0.39, 0.29) is 11.4 Å². The van der Waals surface area contributed by atoms with Crippen molar-refractivity contribution in [3.8, 4) is 33.2 Å². The maximum atomic E-state index is 11.0. The highest BCUT2D eigenvalue weighted by atomic mass is 32.1. The maximum Gasteiger partial charge on any atom is 0.269 e. The Morgan fingerprint density at radius 2 is 1.41 bits per heavy atom. The molecule has 0 atom stereocenters. The van der Waals surface area contributed by atoms with Crippen molar-refractivity contribution in [2.75, 3.05) is 0 Å². The molecule has 2 heterocycles.